The molecule has 0 saturated carbocycles. The third-order valence-corrected chi connectivity index (χ3v) is 2.65. The molecule has 7 heteroatoms. The van der Waals surface area contributed by atoms with E-state index < -0.39 is 16.6 Å². The minimum atomic E-state index is -1.33. The van der Waals surface area contributed by atoms with E-state index in [9.17, 15) is 14.9 Å². The van der Waals surface area contributed by atoms with Crippen molar-refractivity contribution in [3.8, 4) is 6.07 Å². The van der Waals surface area contributed by atoms with Gasteiger partial charge in [-0.05, 0) is 19.1 Å². The molecule has 1 aromatic rings. The Morgan fingerprint density at radius 2 is 2.26 bits per heavy atom. The van der Waals surface area contributed by atoms with Gasteiger partial charge in [-0.3, -0.25) is 10.1 Å². The SMILES string of the molecule is CCN(CCC#N)c1ccc(C(=O)O)c([N+](=O)[O-])c1. The van der Waals surface area contributed by atoms with Gasteiger partial charge in [0.1, 0.15) is 5.56 Å². The van der Waals surface area contributed by atoms with Crippen LogP contribution in [0.4, 0.5) is 11.4 Å². The van der Waals surface area contributed by atoms with Gasteiger partial charge in [-0.2, -0.15) is 5.26 Å². The summed E-state index contributed by atoms with van der Waals surface area (Å²) >= 11 is 0. The van der Waals surface area contributed by atoms with Crippen LogP contribution < -0.4 is 4.90 Å². The fourth-order valence-corrected chi connectivity index (χ4v) is 1.70. The lowest BCUT2D eigenvalue weighted by Gasteiger charge is -2.21. The van der Waals surface area contributed by atoms with Gasteiger partial charge in [0.2, 0.25) is 0 Å². The number of aromatic carboxylic acids is 1. The summed E-state index contributed by atoms with van der Waals surface area (Å²) in [6.07, 6.45) is 0.294. The summed E-state index contributed by atoms with van der Waals surface area (Å²) in [7, 11) is 0. The molecule has 0 saturated heterocycles. The van der Waals surface area contributed by atoms with Crippen LogP contribution in [-0.4, -0.2) is 29.1 Å². The molecule has 7 nitrogen and oxygen atoms in total. The third-order valence-electron chi connectivity index (χ3n) is 2.65. The van der Waals surface area contributed by atoms with Crippen molar-refractivity contribution in [2.24, 2.45) is 0 Å². The van der Waals surface area contributed by atoms with Gasteiger partial charge in [0.15, 0.2) is 0 Å². The average molecular weight is 263 g/mol. The van der Waals surface area contributed by atoms with E-state index in [0.29, 0.717) is 25.2 Å². The van der Waals surface area contributed by atoms with Gasteiger partial charge in [0.05, 0.1) is 17.4 Å². The molecule has 0 bridgehead atoms. The summed E-state index contributed by atoms with van der Waals surface area (Å²) in [5, 5.41) is 28.3. The number of nitro groups is 1. The number of benzene rings is 1. The molecule has 0 radical (unpaired) electrons. The topological polar surface area (TPSA) is 107 Å². The number of carbonyl (C=O) groups is 1. The second kappa shape index (κ2) is 6.35. The fourth-order valence-electron chi connectivity index (χ4n) is 1.70. The molecule has 100 valence electrons. The van der Waals surface area contributed by atoms with Crippen LogP contribution in [0.2, 0.25) is 0 Å². The van der Waals surface area contributed by atoms with E-state index in [0.717, 1.165) is 0 Å². The molecule has 0 aromatic heterocycles. The van der Waals surface area contributed by atoms with Crippen LogP contribution >= 0.6 is 0 Å². The first-order chi connectivity index (χ1) is 9.01. The van der Waals surface area contributed by atoms with Crippen LogP contribution in [0, 0.1) is 21.4 Å². The van der Waals surface area contributed by atoms with E-state index in [1.54, 1.807) is 4.90 Å². The van der Waals surface area contributed by atoms with Gasteiger partial charge in [-0.15, -0.1) is 0 Å². The maximum absolute atomic E-state index is 10.9. The first kappa shape index (κ1) is 14.4. The highest BCUT2D eigenvalue weighted by Gasteiger charge is 2.21. The summed E-state index contributed by atoms with van der Waals surface area (Å²) in [4.78, 5) is 22.8. The molecule has 0 unspecified atom stereocenters. The Kier molecular flexibility index (Phi) is 4.83. The highest BCUT2D eigenvalue weighted by atomic mass is 16.6. The van der Waals surface area contributed by atoms with Crippen molar-refractivity contribution >= 4 is 17.3 Å². The first-order valence-electron chi connectivity index (χ1n) is 5.64. The van der Waals surface area contributed by atoms with Crippen molar-refractivity contribution in [1.82, 2.24) is 0 Å². The molecule has 19 heavy (non-hydrogen) atoms. The standard InChI is InChI=1S/C12H13N3O4/c1-2-14(7-3-6-13)9-4-5-10(12(16)17)11(8-9)15(18)19/h4-5,8H,2-3,7H2,1H3,(H,16,17). The molecule has 0 spiro atoms. The number of carboxylic acids is 1. The van der Waals surface area contributed by atoms with Crippen molar-refractivity contribution < 1.29 is 14.8 Å². The second-order valence-electron chi connectivity index (χ2n) is 3.75. The van der Waals surface area contributed by atoms with Gasteiger partial charge in [0.25, 0.3) is 5.69 Å². The zero-order valence-electron chi connectivity index (χ0n) is 10.4. The Bertz CT molecular complexity index is 536. The Morgan fingerprint density at radius 1 is 1.58 bits per heavy atom. The summed E-state index contributed by atoms with van der Waals surface area (Å²) < 4.78 is 0. The minimum absolute atomic E-state index is 0.294. The molecule has 0 aliphatic rings. The molecule has 1 N–H and O–H groups in total. The van der Waals surface area contributed by atoms with Crippen LogP contribution in [0.5, 0.6) is 0 Å². The lowest BCUT2D eigenvalue weighted by Crippen LogP contribution is -2.23. The van der Waals surface area contributed by atoms with Crippen molar-refractivity contribution in [2.45, 2.75) is 13.3 Å². The van der Waals surface area contributed by atoms with E-state index >= 15 is 0 Å². The van der Waals surface area contributed by atoms with Crippen LogP contribution in [0.1, 0.15) is 23.7 Å². The zero-order chi connectivity index (χ0) is 14.4. The van der Waals surface area contributed by atoms with Crippen LogP contribution in [0.3, 0.4) is 0 Å². The lowest BCUT2D eigenvalue weighted by atomic mass is 10.1. The molecule has 1 rings (SSSR count). The number of nitrogens with zero attached hydrogens (tertiary/aromatic N) is 3. The smallest absolute Gasteiger partial charge is 0.342 e. The number of anilines is 1. The van der Waals surface area contributed by atoms with Gasteiger partial charge in [-0.1, -0.05) is 0 Å². The van der Waals surface area contributed by atoms with Crippen LogP contribution in [-0.2, 0) is 0 Å². The van der Waals surface area contributed by atoms with E-state index in [1.165, 1.54) is 18.2 Å². The van der Waals surface area contributed by atoms with Gasteiger partial charge in [-0.25, -0.2) is 4.79 Å². The molecule has 0 heterocycles. The minimum Gasteiger partial charge on any atom is -0.477 e. The first-order valence-corrected chi connectivity index (χ1v) is 5.64. The summed E-state index contributed by atoms with van der Waals surface area (Å²) in [5.74, 6) is -1.33. The Balaban J connectivity index is 3.17. The zero-order valence-corrected chi connectivity index (χ0v) is 10.4. The molecular weight excluding hydrogens is 250 g/mol. The van der Waals surface area contributed by atoms with Crippen molar-refractivity contribution in [3.05, 3.63) is 33.9 Å². The molecule has 0 amide bonds. The highest BCUT2D eigenvalue weighted by molar-refractivity contribution is 5.93. The number of hydrogen-bond acceptors (Lipinski definition) is 5. The van der Waals surface area contributed by atoms with Crippen molar-refractivity contribution in [2.75, 3.05) is 18.0 Å². The number of nitriles is 1. The number of carboxylic acid groups (broad SMARTS) is 1. The normalized spacial score (nSPS) is 9.68. The molecule has 1 aromatic carbocycles. The van der Waals surface area contributed by atoms with Gasteiger partial charge in [0, 0.05) is 24.8 Å². The second-order valence-corrected chi connectivity index (χ2v) is 3.75. The monoisotopic (exact) mass is 263 g/mol. The average Bonchev–Trinajstić information content (AvgIpc) is 2.39. The molecule has 0 atom stereocenters. The molecule has 0 fully saturated rings. The quantitative estimate of drug-likeness (QED) is 0.621. The molecule has 0 aliphatic carbocycles. The van der Waals surface area contributed by atoms with Crippen LogP contribution in [0.25, 0.3) is 0 Å². The van der Waals surface area contributed by atoms with Crippen molar-refractivity contribution in [1.29, 1.82) is 5.26 Å². The summed E-state index contributed by atoms with van der Waals surface area (Å²) in [6.45, 7) is 2.87. The Labute approximate surface area is 109 Å². The summed E-state index contributed by atoms with van der Waals surface area (Å²) in [6, 6.07) is 5.95. The Morgan fingerprint density at radius 3 is 2.74 bits per heavy atom. The van der Waals surface area contributed by atoms with E-state index in [1.807, 2.05) is 13.0 Å². The largest absolute Gasteiger partial charge is 0.477 e. The third kappa shape index (κ3) is 3.42. The van der Waals surface area contributed by atoms with E-state index in [2.05, 4.69) is 0 Å². The molecular formula is C12H13N3O4. The van der Waals surface area contributed by atoms with Gasteiger partial charge >= 0.3 is 5.97 Å². The van der Waals surface area contributed by atoms with E-state index in [-0.39, 0.29) is 5.56 Å². The van der Waals surface area contributed by atoms with Crippen LogP contribution in [0.15, 0.2) is 18.2 Å². The highest BCUT2D eigenvalue weighted by Crippen LogP contribution is 2.25. The fraction of sp³-hybridized carbons (Fsp3) is 0.333. The predicted octanol–water partition coefficient (Wildman–Crippen LogP) is 2.03. The van der Waals surface area contributed by atoms with Crippen molar-refractivity contribution in [3.63, 3.8) is 0 Å². The molecule has 0 aliphatic heterocycles. The number of rotatable bonds is 6. The lowest BCUT2D eigenvalue weighted by molar-refractivity contribution is -0.385. The van der Waals surface area contributed by atoms with Gasteiger partial charge < -0.3 is 10.0 Å². The number of hydrogen-bond donors (Lipinski definition) is 1. The summed E-state index contributed by atoms with van der Waals surface area (Å²) in [5.41, 5.74) is -0.250. The predicted molar refractivity (Wildman–Crippen MR) is 68.2 cm³/mol. The maximum Gasteiger partial charge on any atom is 0.342 e. The maximum atomic E-state index is 10.9. The van der Waals surface area contributed by atoms with E-state index in [4.69, 9.17) is 10.4 Å². The number of nitro benzene ring substituents is 1. The Hall–Kier alpha value is -2.62.